The Kier molecular flexibility index (Phi) is 3.56. The lowest BCUT2D eigenvalue weighted by molar-refractivity contribution is 0.206. The number of benzene rings is 1. The lowest BCUT2D eigenvalue weighted by Crippen LogP contribution is -2.34. The molecule has 0 saturated carbocycles. The van der Waals surface area contributed by atoms with Gasteiger partial charge in [-0.05, 0) is 11.5 Å². The first-order valence-electron chi connectivity index (χ1n) is 6.50. The van der Waals surface area contributed by atoms with Crippen LogP contribution in [0.4, 0.5) is 4.39 Å². The van der Waals surface area contributed by atoms with Crippen LogP contribution in [-0.4, -0.2) is 38.2 Å². The standard InChI is InChI=1S/C13H15BFN3O2/c15-12-7-11(14(19)20)2-1-10(12)8-17-5-6-18-4-3-16-13(18)9-17/h1-4,7,19-20H,5-6,8-9H2. The van der Waals surface area contributed by atoms with Crippen molar-refractivity contribution in [1.82, 2.24) is 14.5 Å². The van der Waals surface area contributed by atoms with Gasteiger partial charge in [-0.15, -0.1) is 0 Å². The molecule has 0 atom stereocenters. The minimum atomic E-state index is -1.64. The van der Waals surface area contributed by atoms with Crippen LogP contribution in [0.3, 0.4) is 0 Å². The number of rotatable bonds is 3. The van der Waals surface area contributed by atoms with E-state index in [1.165, 1.54) is 12.1 Å². The van der Waals surface area contributed by atoms with Crippen LogP contribution >= 0.6 is 0 Å². The summed E-state index contributed by atoms with van der Waals surface area (Å²) in [7, 11) is -1.64. The molecule has 0 aliphatic carbocycles. The van der Waals surface area contributed by atoms with Crippen LogP contribution in [0.15, 0.2) is 30.6 Å². The van der Waals surface area contributed by atoms with Gasteiger partial charge in [-0.3, -0.25) is 4.90 Å². The summed E-state index contributed by atoms with van der Waals surface area (Å²) in [6, 6.07) is 4.31. The molecule has 7 heteroatoms. The molecule has 0 bridgehead atoms. The van der Waals surface area contributed by atoms with Gasteiger partial charge >= 0.3 is 7.12 Å². The zero-order chi connectivity index (χ0) is 14.1. The van der Waals surface area contributed by atoms with E-state index in [4.69, 9.17) is 10.0 Å². The second kappa shape index (κ2) is 5.36. The molecule has 0 fully saturated rings. The summed E-state index contributed by atoms with van der Waals surface area (Å²) in [5.74, 6) is 0.573. The summed E-state index contributed by atoms with van der Waals surface area (Å²) in [6.07, 6.45) is 3.72. The third kappa shape index (κ3) is 2.60. The van der Waals surface area contributed by atoms with Crippen molar-refractivity contribution in [3.63, 3.8) is 0 Å². The van der Waals surface area contributed by atoms with Crippen LogP contribution < -0.4 is 5.46 Å². The van der Waals surface area contributed by atoms with Gasteiger partial charge in [-0.1, -0.05) is 12.1 Å². The largest absolute Gasteiger partial charge is 0.488 e. The molecule has 1 aliphatic rings. The molecule has 0 amide bonds. The number of hydrogen-bond acceptors (Lipinski definition) is 4. The lowest BCUT2D eigenvalue weighted by atomic mass is 9.80. The highest BCUT2D eigenvalue weighted by molar-refractivity contribution is 6.58. The number of nitrogens with zero attached hydrogens (tertiary/aromatic N) is 3. The number of halogens is 1. The molecule has 0 radical (unpaired) electrons. The van der Waals surface area contributed by atoms with Crippen molar-refractivity contribution in [3.05, 3.63) is 47.8 Å². The first kappa shape index (κ1) is 13.3. The molecule has 1 aromatic carbocycles. The van der Waals surface area contributed by atoms with Crippen molar-refractivity contribution in [3.8, 4) is 0 Å². The molecular weight excluding hydrogens is 260 g/mol. The number of hydrogen-bond donors (Lipinski definition) is 2. The van der Waals surface area contributed by atoms with E-state index < -0.39 is 12.9 Å². The van der Waals surface area contributed by atoms with E-state index in [-0.39, 0.29) is 5.46 Å². The van der Waals surface area contributed by atoms with Gasteiger partial charge in [0, 0.05) is 37.6 Å². The van der Waals surface area contributed by atoms with Crippen molar-refractivity contribution in [2.24, 2.45) is 0 Å². The fourth-order valence-electron chi connectivity index (χ4n) is 2.45. The Morgan fingerprint density at radius 1 is 1.30 bits per heavy atom. The normalized spacial score (nSPS) is 15.2. The summed E-state index contributed by atoms with van der Waals surface area (Å²) in [5, 5.41) is 18.0. The zero-order valence-corrected chi connectivity index (χ0v) is 10.9. The predicted molar refractivity (Wildman–Crippen MR) is 72.6 cm³/mol. The molecule has 0 spiro atoms. The Hall–Kier alpha value is -1.70. The molecular formula is C13H15BFN3O2. The summed E-state index contributed by atoms with van der Waals surface area (Å²) in [6.45, 7) is 2.87. The molecule has 2 heterocycles. The maximum Gasteiger partial charge on any atom is 0.488 e. The van der Waals surface area contributed by atoms with E-state index in [1.54, 1.807) is 12.3 Å². The van der Waals surface area contributed by atoms with Gasteiger partial charge in [0.15, 0.2) is 0 Å². The summed E-state index contributed by atoms with van der Waals surface area (Å²) < 4.78 is 16.0. The minimum absolute atomic E-state index is 0.167. The van der Waals surface area contributed by atoms with Gasteiger partial charge < -0.3 is 14.6 Å². The Balaban J connectivity index is 1.73. The fourth-order valence-corrected chi connectivity index (χ4v) is 2.45. The number of imidazole rings is 1. The van der Waals surface area contributed by atoms with Gasteiger partial charge in [-0.25, -0.2) is 9.37 Å². The van der Waals surface area contributed by atoms with Crippen molar-refractivity contribution in [2.75, 3.05) is 6.54 Å². The molecule has 0 unspecified atom stereocenters. The Morgan fingerprint density at radius 2 is 2.15 bits per heavy atom. The highest BCUT2D eigenvalue weighted by atomic mass is 19.1. The molecule has 3 rings (SSSR count). The molecule has 2 N–H and O–H groups in total. The Bertz CT molecular complexity index is 617. The zero-order valence-electron chi connectivity index (χ0n) is 10.9. The average molecular weight is 275 g/mol. The molecule has 2 aromatic rings. The molecule has 0 saturated heterocycles. The van der Waals surface area contributed by atoms with Crippen molar-refractivity contribution in [2.45, 2.75) is 19.6 Å². The van der Waals surface area contributed by atoms with E-state index in [0.29, 0.717) is 18.7 Å². The van der Waals surface area contributed by atoms with E-state index in [9.17, 15) is 4.39 Å². The smallest absolute Gasteiger partial charge is 0.423 e. The second-order valence-corrected chi connectivity index (χ2v) is 4.97. The fraction of sp³-hybridized carbons (Fsp3) is 0.308. The highest BCUT2D eigenvalue weighted by Crippen LogP contribution is 2.15. The van der Waals surface area contributed by atoms with Crippen LogP contribution in [0, 0.1) is 5.82 Å². The third-order valence-electron chi connectivity index (χ3n) is 3.59. The molecule has 104 valence electrons. The van der Waals surface area contributed by atoms with Gasteiger partial charge in [0.25, 0.3) is 0 Å². The third-order valence-corrected chi connectivity index (χ3v) is 3.59. The van der Waals surface area contributed by atoms with E-state index in [0.717, 1.165) is 18.9 Å². The number of fused-ring (bicyclic) bond motifs is 1. The Morgan fingerprint density at radius 3 is 2.90 bits per heavy atom. The highest BCUT2D eigenvalue weighted by Gasteiger charge is 2.19. The van der Waals surface area contributed by atoms with Crippen molar-refractivity contribution in [1.29, 1.82) is 0 Å². The van der Waals surface area contributed by atoms with Crippen molar-refractivity contribution < 1.29 is 14.4 Å². The van der Waals surface area contributed by atoms with Gasteiger partial charge in [0.2, 0.25) is 0 Å². The monoisotopic (exact) mass is 275 g/mol. The summed E-state index contributed by atoms with van der Waals surface area (Å²) >= 11 is 0. The van der Waals surface area contributed by atoms with Gasteiger partial charge in [0.05, 0.1) is 6.54 Å². The lowest BCUT2D eigenvalue weighted by Gasteiger charge is -2.27. The minimum Gasteiger partial charge on any atom is -0.423 e. The van der Waals surface area contributed by atoms with E-state index in [1.807, 2.05) is 6.20 Å². The molecule has 20 heavy (non-hydrogen) atoms. The Labute approximate surface area is 116 Å². The molecule has 5 nitrogen and oxygen atoms in total. The van der Waals surface area contributed by atoms with Crippen LogP contribution in [0.25, 0.3) is 0 Å². The van der Waals surface area contributed by atoms with Gasteiger partial charge in [-0.2, -0.15) is 0 Å². The second-order valence-electron chi connectivity index (χ2n) is 4.97. The quantitative estimate of drug-likeness (QED) is 0.756. The maximum atomic E-state index is 13.9. The predicted octanol–water partition coefficient (Wildman–Crippen LogP) is -0.282. The molecule has 1 aromatic heterocycles. The van der Waals surface area contributed by atoms with E-state index >= 15 is 0 Å². The maximum absolute atomic E-state index is 13.9. The van der Waals surface area contributed by atoms with Gasteiger partial charge in [0.1, 0.15) is 11.6 Å². The number of aromatic nitrogens is 2. The summed E-state index contributed by atoms with van der Waals surface area (Å²) in [4.78, 5) is 6.39. The van der Waals surface area contributed by atoms with E-state index in [2.05, 4.69) is 14.5 Å². The van der Waals surface area contributed by atoms with Crippen molar-refractivity contribution >= 4 is 12.6 Å². The molecule has 1 aliphatic heterocycles. The van der Waals surface area contributed by atoms with Crippen LogP contribution in [0.1, 0.15) is 11.4 Å². The first-order valence-corrected chi connectivity index (χ1v) is 6.50. The SMILES string of the molecule is OB(O)c1ccc(CN2CCn3ccnc3C2)c(F)c1. The first-order chi connectivity index (χ1) is 9.63. The van der Waals surface area contributed by atoms with Crippen LogP contribution in [0.5, 0.6) is 0 Å². The van der Waals surface area contributed by atoms with Crippen LogP contribution in [0.2, 0.25) is 0 Å². The topological polar surface area (TPSA) is 61.5 Å². The van der Waals surface area contributed by atoms with Crippen LogP contribution in [-0.2, 0) is 19.6 Å². The summed E-state index contributed by atoms with van der Waals surface area (Å²) in [5.41, 5.74) is 0.717. The average Bonchev–Trinajstić information content (AvgIpc) is 2.88.